The van der Waals surface area contributed by atoms with Crippen molar-refractivity contribution >= 4 is 44.1 Å². The molecule has 4 nitrogen and oxygen atoms in total. The third kappa shape index (κ3) is 4.70. The van der Waals surface area contributed by atoms with Crippen LogP contribution in [0.15, 0.2) is 36.5 Å². The lowest BCUT2D eigenvalue weighted by atomic mass is 10.1. The molecule has 2 aromatic carbocycles. The van der Waals surface area contributed by atoms with Gasteiger partial charge >= 0.3 is 0 Å². The van der Waals surface area contributed by atoms with Gasteiger partial charge in [-0.25, -0.2) is 18.2 Å². The molecule has 0 aliphatic heterocycles. The number of hydrogen-bond acceptors (Lipinski definition) is 5. The molecule has 0 fully saturated rings. The monoisotopic (exact) mass is 466 g/mol. The highest BCUT2D eigenvalue weighted by Gasteiger charge is 2.16. The van der Waals surface area contributed by atoms with Crippen molar-refractivity contribution in [2.24, 2.45) is 0 Å². The van der Waals surface area contributed by atoms with Crippen molar-refractivity contribution in [3.05, 3.63) is 47.4 Å². The fourth-order valence-electron chi connectivity index (χ4n) is 3.03. The summed E-state index contributed by atoms with van der Waals surface area (Å²) < 4.78 is 50.8. The van der Waals surface area contributed by atoms with E-state index in [4.69, 9.17) is 21.1 Å². The highest BCUT2D eigenvalue weighted by atomic mass is 35.5. The minimum absolute atomic E-state index is 0.109. The van der Waals surface area contributed by atoms with E-state index in [1.807, 2.05) is 13.8 Å². The van der Waals surface area contributed by atoms with E-state index in [-0.39, 0.29) is 17.6 Å². The van der Waals surface area contributed by atoms with Crippen molar-refractivity contribution in [2.45, 2.75) is 32.8 Å². The number of ether oxygens (including phenoxy) is 2. The summed E-state index contributed by atoms with van der Waals surface area (Å²) in [6, 6.07) is 8.00. The van der Waals surface area contributed by atoms with E-state index in [1.165, 1.54) is 23.6 Å². The second-order valence-corrected chi connectivity index (χ2v) is 8.47. The predicted octanol–water partition coefficient (Wildman–Crippen LogP) is 7.13. The molecule has 1 atom stereocenters. The van der Waals surface area contributed by atoms with Gasteiger partial charge in [-0.3, -0.25) is 4.98 Å². The van der Waals surface area contributed by atoms with Crippen LogP contribution in [0.25, 0.3) is 31.7 Å². The smallest absolute Gasteiger partial charge is 0.272 e. The Labute approximate surface area is 185 Å². The first-order chi connectivity index (χ1) is 14.8. The van der Waals surface area contributed by atoms with Crippen LogP contribution in [-0.2, 0) is 0 Å². The van der Waals surface area contributed by atoms with Gasteiger partial charge in [0.1, 0.15) is 17.4 Å². The number of thiazole rings is 1. The SMILES string of the molecule is CC[C@H](C)Oc1cc2sc(-c3cc(Cl)cc4cc(OCC(F)F)cnc34)nc2cc1F. The number of benzene rings is 2. The average molecular weight is 467 g/mol. The van der Waals surface area contributed by atoms with Crippen LogP contribution in [0.2, 0.25) is 5.02 Å². The lowest BCUT2D eigenvalue weighted by Gasteiger charge is -2.12. The summed E-state index contributed by atoms with van der Waals surface area (Å²) in [5.41, 5.74) is 1.75. The fraction of sp³-hybridized carbons (Fsp3) is 0.273. The molecule has 2 aromatic heterocycles. The maximum absolute atomic E-state index is 14.5. The summed E-state index contributed by atoms with van der Waals surface area (Å²) >= 11 is 7.65. The molecule has 0 aliphatic rings. The molecule has 162 valence electrons. The van der Waals surface area contributed by atoms with Crippen molar-refractivity contribution in [1.29, 1.82) is 0 Å². The molecule has 0 aliphatic carbocycles. The fourth-order valence-corrected chi connectivity index (χ4v) is 4.25. The second-order valence-electron chi connectivity index (χ2n) is 7.00. The van der Waals surface area contributed by atoms with Crippen molar-refractivity contribution in [3.8, 4) is 22.1 Å². The van der Waals surface area contributed by atoms with E-state index in [0.717, 1.165) is 11.1 Å². The minimum atomic E-state index is -2.58. The van der Waals surface area contributed by atoms with Gasteiger partial charge in [-0.15, -0.1) is 11.3 Å². The maximum Gasteiger partial charge on any atom is 0.272 e. The van der Waals surface area contributed by atoms with Gasteiger partial charge in [0, 0.05) is 28.1 Å². The normalized spacial score (nSPS) is 12.6. The summed E-state index contributed by atoms with van der Waals surface area (Å²) in [5.74, 6) is -0.0642. The molecule has 0 saturated carbocycles. The van der Waals surface area contributed by atoms with E-state index in [2.05, 4.69) is 9.97 Å². The van der Waals surface area contributed by atoms with Crippen LogP contribution in [0.1, 0.15) is 20.3 Å². The minimum Gasteiger partial charge on any atom is -0.488 e. The molecule has 0 radical (unpaired) electrons. The molecule has 2 heterocycles. The standard InChI is InChI=1S/C22H18ClF3N2O2S/c1-3-11(2)30-18-8-19-17(7-16(18)24)28-22(31-19)15-6-13(23)4-12-5-14(9-27-21(12)15)29-10-20(25)26/h4-9,11,20H,3,10H2,1-2H3/t11-/m0/s1. The van der Waals surface area contributed by atoms with Crippen LogP contribution in [0.5, 0.6) is 11.5 Å². The molecular formula is C22H18ClF3N2O2S. The van der Waals surface area contributed by atoms with Gasteiger partial charge < -0.3 is 9.47 Å². The van der Waals surface area contributed by atoms with Gasteiger partial charge in [-0.1, -0.05) is 18.5 Å². The molecule has 0 unspecified atom stereocenters. The zero-order chi connectivity index (χ0) is 22.1. The summed E-state index contributed by atoms with van der Waals surface area (Å²) in [7, 11) is 0. The molecule has 0 spiro atoms. The molecule has 0 N–H and O–H groups in total. The summed E-state index contributed by atoms with van der Waals surface area (Å²) in [4.78, 5) is 8.92. The highest BCUT2D eigenvalue weighted by molar-refractivity contribution is 7.21. The number of fused-ring (bicyclic) bond motifs is 2. The van der Waals surface area contributed by atoms with Crippen LogP contribution in [0.4, 0.5) is 13.2 Å². The molecule has 4 rings (SSSR count). The van der Waals surface area contributed by atoms with E-state index in [9.17, 15) is 13.2 Å². The Hall–Kier alpha value is -2.58. The maximum atomic E-state index is 14.5. The Morgan fingerprint density at radius 2 is 1.97 bits per heavy atom. The molecule has 0 saturated heterocycles. The first kappa shape index (κ1) is 21.6. The van der Waals surface area contributed by atoms with Crippen molar-refractivity contribution in [2.75, 3.05) is 6.61 Å². The Balaban J connectivity index is 1.76. The topological polar surface area (TPSA) is 44.2 Å². The molecule has 0 amide bonds. The highest BCUT2D eigenvalue weighted by Crippen LogP contribution is 2.38. The molecule has 4 aromatic rings. The van der Waals surface area contributed by atoms with Crippen LogP contribution in [0, 0.1) is 5.82 Å². The lowest BCUT2D eigenvalue weighted by molar-refractivity contribution is 0.0818. The number of aromatic nitrogens is 2. The van der Waals surface area contributed by atoms with Gasteiger partial charge in [0.25, 0.3) is 6.43 Å². The first-order valence-electron chi connectivity index (χ1n) is 9.61. The first-order valence-corrected chi connectivity index (χ1v) is 10.8. The molecule has 0 bridgehead atoms. The number of nitrogens with zero attached hydrogens (tertiary/aromatic N) is 2. The third-order valence-electron chi connectivity index (χ3n) is 4.67. The summed E-state index contributed by atoms with van der Waals surface area (Å²) in [6.45, 7) is 3.13. The predicted molar refractivity (Wildman–Crippen MR) is 117 cm³/mol. The number of halogens is 4. The van der Waals surface area contributed by atoms with Crippen LogP contribution < -0.4 is 9.47 Å². The van der Waals surface area contributed by atoms with E-state index in [0.29, 0.717) is 32.0 Å². The Morgan fingerprint density at radius 3 is 2.71 bits per heavy atom. The van der Waals surface area contributed by atoms with E-state index < -0.39 is 18.8 Å². The van der Waals surface area contributed by atoms with E-state index >= 15 is 0 Å². The second kappa shape index (κ2) is 8.88. The van der Waals surface area contributed by atoms with Gasteiger partial charge in [0.15, 0.2) is 11.6 Å². The zero-order valence-electron chi connectivity index (χ0n) is 16.7. The quantitative estimate of drug-likeness (QED) is 0.291. The van der Waals surface area contributed by atoms with Crippen molar-refractivity contribution in [3.63, 3.8) is 0 Å². The van der Waals surface area contributed by atoms with Crippen LogP contribution >= 0.6 is 22.9 Å². The van der Waals surface area contributed by atoms with Gasteiger partial charge in [-0.2, -0.15) is 0 Å². The number of hydrogen-bond donors (Lipinski definition) is 0. The van der Waals surface area contributed by atoms with Crippen molar-refractivity contribution < 1.29 is 22.6 Å². The Morgan fingerprint density at radius 1 is 1.16 bits per heavy atom. The number of pyridine rings is 1. The average Bonchev–Trinajstić information content (AvgIpc) is 3.13. The molecular weight excluding hydrogens is 449 g/mol. The molecule has 31 heavy (non-hydrogen) atoms. The zero-order valence-corrected chi connectivity index (χ0v) is 18.2. The number of alkyl halides is 2. The largest absolute Gasteiger partial charge is 0.488 e. The van der Waals surface area contributed by atoms with Gasteiger partial charge in [0.2, 0.25) is 0 Å². The van der Waals surface area contributed by atoms with Gasteiger partial charge in [0.05, 0.1) is 28.0 Å². The lowest BCUT2D eigenvalue weighted by Crippen LogP contribution is -2.10. The summed E-state index contributed by atoms with van der Waals surface area (Å²) in [5, 5.41) is 1.67. The van der Waals surface area contributed by atoms with E-state index in [1.54, 1.807) is 24.3 Å². The number of rotatable bonds is 7. The van der Waals surface area contributed by atoms with Gasteiger partial charge in [-0.05, 0) is 31.5 Å². The molecule has 9 heteroatoms. The Kier molecular flexibility index (Phi) is 6.20. The third-order valence-corrected chi connectivity index (χ3v) is 5.94. The Bertz CT molecular complexity index is 1250. The summed E-state index contributed by atoms with van der Waals surface area (Å²) in [6.07, 6.45) is -0.549. The van der Waals surface area contributed by atoms with Crippen LogP contribution in [-0.4, -0.2) is 29.1 Å². The van der Waals surface area contributed by atoms with Crippen LogP contribution in [0.3, 0.4) is 0 Å². The van der Waals surface area contributed by atoms with Crippen molar-refractivity contribution in [1.82, 2.24) is 9.97 Å².